The number of ether oxygens (including phenoxy) is 1. The van der Waals surface area contributed by atoms with Crippen LogP contribution in [0.2, 0.25) is 0 Å². The van der Waals surface area contributed by atoms with Crippen molar-refractivity contribution in [2.75, 3.05) is 6.54 Å². The van der Waals surface area contributed by atoms with E-state index >= 15 is 0 Å². The number of aromatic nitrogens is 1. The molecule has 0 unspecified atom stereocenters. The van der Waals surface area contributed by atoms with Crippen molar-refractivity contribution in [3.8, 4) is 11.8 Å². The maximum Gasteiger partial charge on any atom is 0.407 e. The van der Waals surface area contributed by atoms with Crippen molar-refractivity contribution >= 4 is 12.1 Å². The lowest BCUT2D eigenvalue weighted by Crippen LogP contribution is -2.24. The third-order valence-corrected chi connectivity index (χ3v) is 3.03. The van der Waals surface area contributed by atoms with Crippen LogP contribution in [-0.2, 0) is 11.3 Å². The minimum atomic E-state index is -1.38. The van der Waals surface area contributed by atoms with Gasteiger partial charge in [0.15, 0.2) is 5.82 Å². The molecule has 0 fully saturated rings. The number of halogens is 1. The fourth-order valence-corrected chi connectivity index (χ4v) is 1.83. The minimum absolute atomic E-state index is 0.144. The average molecular weight is 342 g/mol. The molecule has 0 spiro atoms. The number of rotatable bonds is 5. The van der Waals surface area contributed by atoms with E-state index in [0.29, 0.717) is 6.42 Å². The molecule has 6 nitrogen and oxygen atoms in total. The van der Waals surface area contributed by atoms with Gasteiger partial charge < -0.3 is 15.2 Å². The molecular formula is C18H15FN2O4. The first-order valence-electron chi connectivity index (χ1n) is 7.38. The predicted molar refractivity (Wildman–Crippen MR) is 87.3 cm³/mol. The molecule has 128 valence electrons. The quantitative estimate of drug-likeness (QED) is 0.644. The van der Waals surface area contributed by atoms with Crippen LogP contribution in [0.15, 0.2) is 42.6 Å². The number of aromatic carboxylic acids is 1. The highest BCUT2D eigenvalue weighted by Crippen LogP contribution is 2.07. The standard InChI is InChI=1S/C18H15FN2O4/c19-16-11-21-14(10-15(16)17(22)23)8-4-5-9-20-18(24)25-12-13-6-2-1-3-7-13/h1-3,6-7,10-11H,5,9,12H2,(H,20,24)(H,22,23). The van der Waals surface area contributed by atoms with Gasteiger partial charge in [-0.05, 0) is 17.6 Å². The fraction of sp³-hybridized carbons (Fsp3) is 0.167. The summed E-state index contributed by atoms with van der Waals surface area (Å²) in [6.07, 6.45) is 0.563. The van der Waals surface area contributed by atoms with E-state index in [4.69, 9.17) is 9.84 Å². The van der Waals surface area contributed by atoms with Crippen LogP contribution in [0.3, 0.4) is 0 Å². The average Bonchev–Trinajstić information content (AvgIpc) is 2.61. The van der Waals surface area contributed by atoms with Crippen molar-refractivity contribution in [3.63, 3.8) is 0 Å². The number of pyridine rings is 1. The number of hydrogen-bond acceptors (Lipinski definition) is 4. The van der Waals surface area contributed by atoms with Gasteiger partial charge in [-0.1, -0.05) is 36.3 Å². The second-order valence-electron chi connectivity index (χ2n) is 4.89. The van der Waals surface area contributed by atoms with Crippen molar-refractivity contribution in [2.45, 2.75) is 13.0 Å². The molecule has 25 heavy (non-hydrogen) atoms. The Morgan fingerprint density at radius 3 is 2.76 bits per heavy atom. The molecule has 0 saturated carbocycles. The zero-order valence-corrected chi connectivity index (χ0v) is 13.2. The maximum absolute atomic E-state index is 13.2. The fourth-order valence-electron chi connectivity index (χ4n) is 1.83. The largest absolute Gasteiger partial charge is 0.478 e. The Bertz CT molecular complexity index is 813. The van der Waals surface area contributed by atoms with Gasteiger partial charge in [0.05, 0.1) is 11.8 Å². The molecule has 2 aromatic rings. The summed E-state index contributed by atoms with van der Waals surface area (Å²) in [5, 5.41) is 11.4. The zero-order chi connectivity index (χ0) is 18.1. The van der Waals surface area contributed by atoms with Crippen molar-refractivity contribution in [1.82, 2.24) is 10.3 Å². The summed E-state index contributed by atoms with van der Waals surface area (Å²) < 4.78 is 18.2. The molecule has 0 aliphatic rings. The number of nitrogens with one attached hydrogen (secondary N) is 1. The summed E-state index contributed by atoms with van der Waals surface area (Å²) >= 11 is 0. The van der Waals surface area contributed by atoms with Crippen LogP contribution in [0.25, 0.3) is 0 Å². The Balaban J connectivity index is 1.74. The van der Waals surface area contributed by atoms with Crippen LogP contribution in [0, 0.1) is 17.7 Å². The molecule has 0 atom stereocenters. The molecule has 2 N–H and O–H groups in total. The molecule has 1 aromatic carbocycles. The van der Waals surface area contributed by atoms with Gasteiger partial charge in [-0.25, -0.2) is 19.0 Å². The van der Waals surface area contributed by atoms with E-state index in [1.807, 2.05) is 30.3 Å². The van der Waals surface area contributed by atoms with E-state index in [9.17, 15) is 14.0 Å². The number of carboxylic acid groups (broad SMARTS) is 1. The van der Waals surface area contributed by atoms with Crippen LogP contribution in [0.4, 0.5) is 9.18 Å². The van der Waals surface area contributed by atoms with Gasteiger partial charge in [-0.15, -0.1) is 0 Å². The normalized spacial score (nSPS) is 9.64. The first-order chi connectivity index (χ1) is 12.1. The zero-order valence-electron chi connectivity index (χ0n) is 13.2. The van der Waals surface area contributed by atoms with E-state index in [0.717, 1.165) is 17.8 Å². The lowest BCUT2D eigenvalue weighted by molar-refractivity contribution is 0.0691. The number of carboxylic acids is 1. The lowest BCUT2D eigenvalue weighted by atomic mass is 10.2. The molecule has 1 aromatic heterocycles. The van der Waals surface area contributed by atoms with Gasteiger partial charge in [0.25, 0.3) is 0 Å². The van der Waals surface area contributed by atoms with Gasteiger partial charge >= 0.3 is 12.1 Å². The van der Waals surface area contributed by atoms with E-state index < -0.39 is 23.4 Å². The van der Waals surface area contributed by atoms with Crippen molar-refractivity contribution in [1.29, 1.82) is 0 Å². The number of benzene rings is 1. The number of nitrogens with zero attached hydrogens (tertiary/aromatic N) is 1. The van der Waals surface area contributed by atoms with Crippen molar-refractivity contribution < 1.29 is 23.8 Å². The van der Waals surface area contributed by atoms with Gasteiger partial charge in [0.2, 0.25) is 0 Å². The summed E-state index contributed by atoms with van der Waals surface area (Å²) in [4.78, 5) is 26.0. The highest BCUT2D eigenvalue weighted by Gasteiger charge is 2.10. The molecule has 0 radical (unpaired) electrons. The summed E-state index contributed by atoms with van der Waals surface area (Å²) in [7, 11) is 0. The van der Waals surface area contributed by atoms with E-state index in [2.05, 4.69) is 22.1 Å². The summed E-state index contributed by atoms with van der Waals surface area (Å²) in [5.74, 6) is 3.03. The Labute approximate surface area is 143 Å². The molecule has 2 rings (SSSR count). The van der Waals surface area contributed by atoms with Gasteiger partial charge in [-0.3, -0.25) is 0 Å². The first kappa shape index (κ1) is 17.9. The number of carbonyl (C=O) groups excluding carboxylic acids is 1. The molecular weight excluding hydrogens is 327 g/mol. The van der Waals surface area contributed by atoms with E-state index in [1.165, 1.54) is 0 Å². The summed E-state index contributed by atoms with van der Waals surface area (Å²) in [6.45, 7) is 0.434. The third-order valence-electron chi connectivity index (χ3n) is 3.03. The Morgan fingerprint density at radius 2 is 2.04 bits per heavy atom. The topological polar surface area (TPSA) is 88.5 Å². The minimum Gasteiger partial charge on any atom is -0.478 e. The predicted octanol–water partition coefficient (Wildman–Crippen LogP) is 2.59. The smallest absolute Gasteiger partial charge is 0.407 e. The molecule has 1 heterocycles. The second-order valence-corrected chi connectivity index (χ2v) is 4.89. The molecule has 0 bridgehead atoms. The van der Waals surface area contributed by atoms with Gasteiger partial charge in [-0.2, -0.15) is 0 Å². The van der Waals surface area contributed by atoms with Crippen molar-refractivity contribution in [3.05, 3.63) is 65.2 Å². The summed E-state index contributed by atoms with van der Waals surface area (Å²) in [5.41, 5.74) is 0.543. The van der Waals surface area contributed by atoms with Gasteiger partial charge in [0.1, 0.15) is 12.3 Å². The molecule has 0 saturated heterocycles. The SMILES string of the molecule is O=C(NCCC#Cc1cc(C(=O)O)c(F)cn1)OCc1ccccc1. The van der Waals surface area contributed by atoms with E-state index in [-0.39, 0.29) is 18.8 Å². The highest BCUT2D eigenvalue weighted by molar-refractivity contribution is 5.88. The monoisotopic (exact) mass is 342 g/mol. The number of alkyl carbamates (subject to hydrolysis) is 1. The van der Waals surface area contributed by atoms with Gasteiger partial charge in [0, 0.05) is 13.0 Å². The molecule has 1 amide bonds. The first-order valence-corrected chi connectivity index (χ1v) is 7.38. The maximum atomic E-state index is 13.2. The Morgan fingerprint density at radius 1 is 1.28 bits per heavy atom. The van der Waals surface area contributed by atoms with E-state index in [1.54, 1.807) is 0 Å². The van der Waals surface area contributed by atoms with Crippen molar-refractivity contribution in [2.24, 2.45) is 0 Å². The molecule has 0 aliphatic heterocycles. The van der Waals surface area contributed by atoms with Crippen LogP contribution >= 0.6 is 0 Å². The molecule has 7 heteroatoms. The Hall–Kier alpha value is -3.40. The number of carbonyl (C=O) groups is 2. The summed E-state index contributed by atoms with van der Waals surface area (Å²) in [6, 6.07) is 10.3. The number of amides is 1. The second kappa shape index (κ2) is 9.03. The highest BCUT2D eigenvalue weighted by atomic mass is 19.1. The number of hydrogen-bond donors (Lipinski definition) is 2. The molecule has 0 aliphatic carbocycles. The van der Waals surface area contributed by atoms with Crippen LogP contribution < -0.4 is 5.32 Å². The van der Waals surface area contributed by atoms with Crippen LogP contribution in [0.5, 0.6) is 0 Å². The van der Waals surface area contributed by atoms with Crippen LogP contribution in [0.1, 0.15) is 28.0 Å². The Kier molecular flexibility index (Phi) is 6.48. The lowest BCUT2D eigenvalue weighted by Gasteiger charge is -2.05. The third kappa shape index (κ3) is 5.95. The van der Waals surface area contributed by atoms with Crippen LogP contribution in [-0.4, -0.2) is 28.7 Å².